The van der Waals surface area contributed by atoms with Gasteiger partial charge in [-0.05, 0) is 41.9 Å². The number of hydrogen-bond acceptors (Lipinski definition) is 3. The van der Waals surface area contributed by atoms with Crippen molar-refractivity contribution in [3.63, 3.8) is 0 Å². The molecule has 120 valence electrons. The summed E-state index contributed by atoms with van der Waals surface area (Å²) in [5.74, 6) is -0.121. The van der Waals surface area contributed by atoms with Gasteiger partial charge in [0.05, 0.1) is 22.4 Å². The van der Waals surface area contributed by atoms with Gasteiger partial charge in [-0.25, -0.2) is 4.68 Å². The summed E-state index contributed by atoms with van der Waals surface area (Å²) >= 11 is 4.94. The van der Waals surface area contributed by atoms with E-state index < -0.39 is 6.55 Å². The molecule has 2 rings (SSSR count). The highest BCUT2D eigenvalue weighted by Crippen LogP contribution is 2.24. The maximum absolute atomic E-state index is 12.8. The molecule has 0 saturated carbocycles. The first-order valence-electron chi connectivity index (χ1n) is 6.60. The van der Waals surface area contributed by atoms with Gasteiger partial charge in [-0.15, -0.1) is 11.3 Å². The molecular weight excluding hydrogens is 376 g/mol. The van der Waals surface area contributed by atoms with Crippen LogP contribution >= 0.6 is 27.3 Å². The molecule has 0 radical (unpaired) electrons. The van der Waals surface area contributed by atoms with E-state index in [0.29, 0.717) is 28.2 Å². The number of carbonyl (C=O) groups is 1. The number of carbonyl (C=O) groups excluding carboxylic acids is 1. The smallest absolute Gasteiger partial charge is 0.333 e. The molecule has 2 aromatic heterocycles. The van der Waals surface area contributed by atoms with Crippen molar-refractivity contribution < 1.29 is 13.6 Å². The zero-order chi connectivity index (χ0) is 16.4. The molecule has 1 amide bonds. The monoisotopic (exact) mass is 391 g/mol. The Labute approximate surface area is 139 Å². The zero-order valence-corrected chi connectivity index (χ0v) is 14.8. The van der Waals surface area contributed by atoms with Crippen LogP contribution < -0.4 is 0 Å². The summed E-state index contributed by atoms with van der Waals surface area (Å²) in [6.45, 7) is 1.01. The molecule has 2 aromatic rings. The number of likely N-dealkylation sites (N-methyl/N-ethyl adjacent to an activating group) is 1. The maximum atomic E-state index is 12.8. The average Bonchev–Trinajstić information content (AvgIpc) is 2.96. The molecule has 0 bridgehead atoms. The number of rotatable bonds is 5. The van der Waals surface area contributed by atoms with Crippen LogP contribution in [0.2, 0.25) is 0 Å². The summed E-state index contributed by atoms with van der Waals surface area (Å²) in [7, 11) is 1.71. The molecule has 0 unspecified atom stereocenters. The molecule has 0 N–H and O–H groups in total. The Hall–Kier alpha value is -1.28. The Balaban J connectivity index is 2.08. The van der Waals surface area contributed by atoms with Crippen LogP contribution in [0.5, 0.6) is 0 Å². The largest absolute Gasteiger partial charge is 0.340 e. The van der Waals surface area contributed by atoms with Gasteiger partial charge >= 0.3 is 6.55 Å². The van der Waals surface area contributed by atoms with Crippen molar-refractivity contribution in [2.75, 3.05) is 7.05 Å². The van der Waals surface area contributed by atoms with E-state index in [4.69, 9.17) is 0 Å². The first-order chi connectivity index (χ1) is 10.3. The third-order valence-electron chi connectivity index (χ3n) is 3.44. The number of aryl methyl sites for hydroxylation is 1. The molecule has 0 aromatic carbocycles. The first-order valence-corrected chi connectivity index (χ1v) is 8.21. The van der Waals surface area contributed by atoms with Crippen molar-refractivity contribution in [1.29, 1.82) is 0 Å². The summed E-state index contributed by atoms with van der Waals surface area (Å²) in [5.41, 5.74) is 1.39. The third kappa shape index (κ3) is 3.73. The van der Waals surface area contributed by atoms with Crippen LogP contribution in [-0.2, 0) is 17.8 Å². The van der Waals surface area contributed by atoms with Gasteiger partial charge in [0.1, 0.15) is 0 Å². The van der Waals surface area contributed by atoms with Crippen molar-refractivity contribution in [2.45, 2.75) is 33.4 Å². The lowest BCUT2D eigenvalue weighted by Crippen LogP contribution is -2.27. The fourth-order valence-electron chi connectivity index (χ4n) is 2.19. The lowest BCUT2D eigenvalue weighted by Gasteiger charge is -2.16. The zero-order valence-electron chi connectivity index (χ0n) is 12.4. The first kappa shape index (κ1) is 17.1. The van der Waals surface area contributed by atoms with E-state index in [1.54, 1.807) is 37.1 Å². The minimum Gasteiger partial charge on any atom is -0.340 e. The van der Waals surface area contributed by atoms with Crippen molar-refractivity contribution >= 4 is 33.2 Å². The summed E-state index contributed by atoms with van der Waals surface area (Å²) in [6, 6.07) is 3.88. The average molecular weight is 392 g/mol. The minimum absolute atomic E-state index is 0.0768. The van der Waals surface area contributed by atoms with Gasteiger partial charge in [-0.3, -0.25) is 4.79 Å². The topological polar surface area (TPSA) is 38.1 Å². The SMILES string of the molecule is Cc1nn(C(F)F)c(C)c1CC(=O)N(C)Cc1ccc(Br)s1. The number of thiophene rings is 1. The Bertz CT molecular complexity index is 684. The van der Waals surface area contributed by atoms with Gasteiger partial charge in [-0.2, -0.15) is 13.9 Å². The van der Waals surface area contributed by atoms with Crippen LogP contribution in [-0.4, -0.2) is 27.6 Å². The van der Waals surface area contributed by atoms with E-state index in [1.165, 1.54) is 0 Å². The summed E-state index contributed by atoms with van der Waals surface area (Å²) in [4.78, 5) is 15.0. The number of hydrogen-bond donors (Lipinski definition) is 0. The lowest BCUT2D eigenvalue weighted by molar-refractivity contribution is -0.129. The molecule has 22 heavy (non-hydrogen) atoms. The third-order valence-corrected chi connectivity index (χ3v) is 5.04. The highest BCUT2D eigenvalue weighted by Gasteiger charge is 2.20. The quantitative estimate of drug-likeness (QED) is 0.774. The van der Waals surface area contributed by atoms with Gasteiger partial charge in [0, 0.05) is 23.2 Å². The number of nitrogens with zero attached hydrogens (tertiary/aromatic N) is 3. The van der Waals surface area contributed by atoms with E-state index in [-0.39, 0.29) is 12.3 Å². The Morgan fingerprint density at radius 1 is 1.45 bits per heavy atom. The van der Waals surface area contributed by atoms with E-state index in [2.05, 4.69) is 21.0 Å². The summed E-state index contributed by atoms with van der Waals surface area (Å²) < 4.78 is 27.3. The second-order valence-electron chi connectivity index (χ2n) is 5.00. The number of halogens is 3. The fraction of sp³-hybridized carbons (Fsp3) is 0.429. The molecule has 0 aliphatic rings. The summed E-state index contributed by atoms with van der Waals surface area (Å²) in [6.07, 6.45) is 0.0768. The van der Waals surface area contributed by atoms with Crippen LogP contribution in [0.25, 0.3) is 0 Å². The highest BCUT2D eigenvalue weighted by molar-refractivity contribution is 9.11. The molecular formula is C14H16BrF2N3OS. The van der Waals surface area contributed by atoms with E-state index >= 15 is 0 Å². The van der Waals surface area contributed by atoms with Crippen molar-refractivity contribution in [3.8, 4) is 0 Å². The van der Waals surface area contributed by atoms with Crippen LogP contribution in [0, 0.1) is 13.8 Å². The standard InChI is InChI=1S/C14H16BrF2N3OS/c1-8-11(9(2)20(18-8)14(16)17)6-13(21)19(3)7-10-4-5-12(15)22-10/h4-5,14H,6-7H2,1-3H3. The predicted molar refractivity (Wildman–Crippen MR) is 85.2 cm³/mol. The fourth-order valence-corrected chi connectivity index (χ4v) is 3.72. The van der Waals surface area contributed by atoms with E-state index in [9.17, 15) is 13.6 Å². The molecule has 4 nitrogen and oxygen atoms in total. The lowest BCUT2D eigenvalue weighted by atomic mass is 10.1. The Morgan fingerprint density at radius 3 is 2.64 bits per heavy atom. The molecule has 0 saturated heterocycles. The van der Waals surface area contributed by atoms with E-state index in [1.807, 2.05) is 12.1 Å². The number of amides is 1. The molecule has 0 spiro atoms. The molecule has 0 aliphatic heterocycles. The number of aromatic nitrogens is 2. The van der Waals surface area contributed by atoms with Crippen molar-refractivity contribution in [2.24, 2.45) is 0 Å². The maximum Gasteiger partial charge on any atom is 0.333 e. The van der Waals surface area contributed by atoms with Crippen LogP contribution in [0.15, 0.2) is 15.9 Å². The molecule has 0 atom stereocenters. The normalized spacial score (nSPS) is 11.2. The van der Waals surface area contributed by atoms with Gasteiger partial charge in [0.2, 0.25) is 5.91 Å². The minimum atomic E-state index is -2.69. The van der Waals surface area contributed by atoms with Gasteiger partial charge in [0.25, 0.3) is 0 Å². The van der Waals surface area contributed by atoms with Gasteiger partial charge in [-0.1, -0.05) is 0 Å². The Morgan fingerprint density at radius 2 is 2.14 bits per heavy atom. The van der Waals surface area contributed by atoms with Gasteiger partial charge < -0.3 is 4.90 Å². The highest BCUT2D eigenvalue weighted by atomic mass is 79.9. The van der Waals surface area contributed by atoms with Gasteiger partial charge in [0.15, 0.2) is 0 Å². The molecule has 2 heterocycles. The molecule has 0 fully saturated rings. The second kappa shape index (κ2) is 6.87. The van der Waals surface area contributed by atoms with Crippen LogP contribution in [0.1, 0.15) is 28.4 Å². The van der Waals surface area contributed by atoms with Crippen LogP contribution in [0.4, 0.5) is 8.78 Å². The van der Waals surface area contributed by atoms with E-state index in [0.717, 1.165) is 8.66 Å². The van der Waals surface area contributed by atoms with Crippen molar-refractivity contribution in [3.05, 3.63) is 37.7 Å². The molecule has 8 heteroatoms. The predicted octanol–water partition coefficient (Wildman–Crippen LogP) is 3.92. The Kier molecular flexibility index (Phi) is 5.33. The second-order valence-corrected chi connectivity index (χ2v) is 7.55. The molecule has 0 aliphatic carbocycles. The van der Waals surface area contributed by atoms with Crippen molar-refractivity contribution in [1.82, 2.24) is 14.7 Å². The summed E-state index contributed by atoms with van der Waals surface area (Å²) in [5, 5.41) is 3.80. The van der Waals surface area contributed by atoms with Crippen LogP contribution in [0.3, 0.4) is 0 Å². The number of alkyl halides is 2.